The van der Waals surface area contributed by atoms with Crippen LogP contribution < -0.4 is 10.2 Å². The molecule has 7 heteroatoms. The summed E-state index contributed by atoms with van der Waals surface area (Å²) < 4.78 is 0. The van der Waals surface area contributed by atoms with Crippen LogP contribution in [0.15, 0.2) is 24.3 Å². The SMILES string of the molecule is CN(CC(=O)NC(C)(C)C)CC(=O)N1CCN(c2cccc(Cl)c2)CC1. The third-order valence-corrected chi connectivity index (χ3v) is 4.37. The average Bonchev–Trinajstić information content (AvgIpc) is 2.53. The number of piperazine rings is 1. The highest BCUT2D eigenvalue weighted by atomic mass is 35.5. The topological polar surface area (TPSA) is 55.9 Å². The van der Waals surface area contributed by atoms with Crippen LogP contribution in [0, 0.1) is 0 Å². The first kappa shape index (κ1) is 20.5. The summed E-state index contributed by atoms with van der Waals surface area (Å²) in [5.41, 5.74) is 0.819. The van der Waals surface area contributed by atoms with Crippen molar-refractivity contribution in [3.05, 3.63) is 29.3 Å². The number of nitrogens with one attached hydrogen (secondary N) is 1. The highest BCUT2D eigenvalue weighted by molar-refractivity contribution is 6.30. The summed E-state index contributed by atoms with van der Waals surface area (Å²) in [7, 11) is 1.79. The molecule has 0 aliphatic carbocycles. The minimum absolute atomic E-state index is 0.0572. The van der Waals surface area contributed by atoms with Crippen LogP contribution in [0.1, 0.15) is 20.8 Å². The summed E-state index contributed by atoms with van der Waals surface area (Å²) in [5, 5.41) is 3.63. The minimum Gasteiger partial charge on any atom is -0.368 e. The Bertz CT molecular complexity index is 637. The number of benzene rings is 1. The summed E-state index contributed by atoms with van der Waals surface area (Å²) in [5.74, 6) is -0.0135. The van der Waals surface area contributed by atoms with Crippen LogP contribution in [0.25, 0.3) is 0 Å². The van der Waals surface area contributed by atoms with Gasteiger partial charge in [-0.2, -0.15) is 0 Å². The molecule has 1 N–H and O–H groups in total. The van der Waals surface area contributed by atoms with Crippen LogP contribution in [-0.4, -0.2) is 73.5 Å². The van der Waals surface area contributed by atoms with E-state index in [1.165, 1.54) is 0 Å². The number of likely N-dealkylation sites (N-methyl/N-ethyl adjacent to an activating group) is 1. The molecule has 0 unspecified atom stereocenters. The van der Waals surface area contributed by atoms with Gasteiger partial charge in [0.25, 0.3) is 0 Å². The summed E-state index contributed by atoms with van der Waals surface area (Å²) >= 11 is 6.05. The highest BCUT2D eigenvalue weighted by Gasteiger charge is 2.23. The molecule has 1 aliphatic rings. The highest BCUT2D eigenvalue weighted by Crippen LogP contribution is 2.20. The number of amides is 2. The Labute approximate surface area is 161 Å². The van der Waals surface area contributed by atoms with E-state index in [2.05, 4.69) is 10.2 Å². The largest absolute Gasteiger partial charge is 0.368 e. The van der Waals surface area contributed by atoms with Crippen molar-refractivity contribution < 1.29 is 9.59 Å². The van der Waals surface area contributed by atoms with E-state index in [1.807, 2.05) is 49.9 Å². The number of nitrogens with zero attached hydrogens (tertiary/aromatic N) is 3. The van der Waals surface area contributed by atoms with E-state index < -0.39 is 0 Å². The van der Waals surface area contributed by atoms with E-state index >= 15 is 0 Å². The molecule has 1 aliphatic heterocycles. The Morgan fingerprint density at radius 2 is 1.81 bits per heavy atom. The second kappa shape index (κ2) is 8.73. The lowest BCUT2D eigenvalue weighted by Gasteiger charge is -2.36. The standard InChI is InChI=1S/C19H29ClN4O2/c1-19(2,3)21-17(25)13-22(4)14-18(26)24-10-8-23(9-11-24)16-7-5-6-15(20)12-16/h5-7,12H,8-11,13-14H2,1-4H3,(H,21,25). The molecule has 0 bridgehead atoms. The minimum atomic E-state index is -0.265. The van der Waals surface area contributed by atoms with Crippen LogP contribution in [0.4, 0.5) is 5.69 Å². The molecule has 2 amide bonds. The van der Waals surface area contributed by atoms with Crippen LogP contribution >= 0.6 is 11.6 Å². The summed E-state index contributed by atoms with van der Waals surface area (Å²) in [6, 6.07) is 7.77. The van der Waals surface area contributed by atoms with E-state index in [-0.39, 0.29) is 30.4 Å². The van der Waals surface area contributed by atoms with E-state index in [9.17, 15) is 9.59 Å². The first-order valence-corrected chi connectivity index (χ1v) is 9.30. The van der Waals surface area contributed by atoms with Gasteiger partial charge in [0, 0.05) is 42.4 Å². The molecule has 0 aromatic heterocycles. The van der Waals surface area contributed by atoms with Crippen molar-refractivity contribution in [2.45, 2.75) is 26.3 Å². The molecule has 26 heavy (non-hydrogen) atoms. The Morgan fingerprint density at radius 3 is 2.38 bits per heavy atom. The molecular formula is C19H29ClN4O2. The number of hydrogen-bond acceptors (Lipinski definition) is 4. The lowest BCUT2D eigenvalue weighted by molar-refractivity contribution is -0.133. The molecule has 144 valence electrons. The predicted molar refractivity (Wildman–Crippen MR) is 106 cm³/mol. The molecule has 6 nitrogen and oxygen atoms in total. The van der Waals surface area contributed by atoms with Gasteiger partial charge in [0.05, 0.1) is 13.1 Å². The van der Waals surface area contributed by atoms with Gasteiger partial charge in [-0.3, -0.25) is 14.5 Å². The first-order chi connectivity index (χ1) is 12.1. The fourth-order valence-electron chi connectivity index (χ4n) is 2.98. The van der Waals surface area contributed by atoms with Gasteiger partial charge in [-0.05, 0) is 46.0 Å². The summed E-state index contributed by atoms with van der Waals surface area (Å²) in [4.78, 5) is 30.3. The summed E-state index contributed by atoms with van der Waals surface area (Å²) in [6.45, 7) is 9.18. The van der Waals surface area contributed by atoms with Crippen molar-refractivity contribution in [3.8, 4) is 0 Å². The second-order valence-corrected chi connectivity index (χ2v) is 8.25. The molecule has 0 spiro atoms. The maximum atomic E-state index is 12.5. The van der Waals surface area contributed by atoms with Gasteiger partial charge >= 0.3 is 0 Å². The summed E-state index contributed by atoms with van der Waals surface area (Å²) in [6.07, 6.45) is 0. The zero-order valence-electron chi connectivity index (χ0n) is 16.1. The Kier molecular flexibility index (Phi) is 6.89. The van der Waals surface area contributed by atoms with Gasteiger partial charge in [-0.15, -0.1) is 0 Å². The average molecular weight is 381 g/mol. The molecule has 1 heterocycles. The van der Waals surface area contributed by atoms with E-state index in [4.69, 9.17) is 11.6 Å². The molecule has 0 atom stereocenters. The second-order valence-electron chi connectivity index (χ2n) is 7.82. The molecule has 1 fully saturated rings. The monoisotopic (exact) mass is 380 g/mol. The Balaban J connectivity index is 1.78. The smallest absolute Gasteiger partial charge is 0.236 e. The normalized spacial score (nSPS) is 15.3. The third kappa shape index (κ3) is 6.50. The van der Waals surface area contributed by atoms with Crippen molar-refractivity contribution in [2.75, 3.05) is 51.2 Å². The lowest BCUT2D eigenvalue weighted by Crippen LogP contribution is -2.52. The van der Waals surface area contributed by atoms with Gasteiger partial charge in [0.15, 0.2) is 0 Å². The fraction of sp³-hybridized carbons (Fsp3) is 0.579. The zero-order chi connectivity index (χ0) is 19.3. The number of rotatable bonds is 5. The predicted octanol–water partition coefficient (Wildman–Crippen LogP) is 1.84. The molecule has 0 saturated carbocycles. The molecule has 0 radical (unpaired) electrons. The number of halogens is 1. The quantitative estimate of drug-likeness (QED) is 0.846. The lowest BCUT2D eigenvalue weighted by atomic mass is 10.1. The Morgan fingerprint density at radius 1 is 1.15 bits per heavy atom. The van der Waals surface area contributed by atoms with Gasteiger partial charge in [-0.1, -0.05) is 17.7 Å². The fourth-order valence-corrected chi connectivity index (χ4v) is 3.16. The zero-order valence-corrected chi connectivity index (χ0v) is 16.8. The number of carbonyl (C=O) groups excluding carboxylic acids is 2. The molecule has 1 aromatic rings. The van der Waals surface area contributed by atoms with Crippen molar-refractivity contribution in [2.24, 2.45) is 0 Å². The van der Waals surface area contributed by atoms with Gasteiger partial charge < -0.3 is 15.1 Å². The van der Waals surface area contributed by atoms with E-state index in [0.717, 1.165) is 23.8 Å². The van der Waals surface area contributed by atoms with Gasteiger partial charge in [-0.25, -0.2) is 0 Å². The van der Waals surface area contributed by atoms with Crippen LogP contribution in [0.2, 0.25) is 5.02 Å². The van der Waals surface area contributed by atoms with Crippen molar-refractivity contribution >= 4 is 29.1 Å². The first-order valence-electron chi connectivity index (χ1n) is 8.92. The Hall–Kier alpha value is -1.79. The molecule has 2 rings (SSSR count). The van der Waals surface area contributed by atoms with Crippen molar-refractivity contribution in [1.82, 2.24) is 15.1 Å². The number of carbonyl (C=O) groups is 2. The number of hydrogen-bond donors (Lipinski definition) is 1. The van der Waals surface area contributed by atoms with Gasteiger partial charge in [0.1, 0.15) is 0 Å². The molecular weight excluding hydrogens is 352 g/mol. The third-order valence-electron chi connectivity index (χ3n) is 4.14. The molecule has 1 aromatic carbocycles. The maximum absolute atomic E-state index is 12.5. The maximum Gasteiger partial charge on any atom is 0.236 e. The van der Waals surface area contributed by atoms with Crippen molar-refractivity contribution in [3.63, 3.8) is 0 Å². The van der Waals surface area contributed by atoms with Crippen molar-refractivity contribution in [1.29, 1.82) is 0 Å². The van der Waals surface area contributed by atoms with Crippen LogP contribution in [0.3, 0.4) is 0 Å². The van der Waals surface area contributed by atoms with E-state index in [0.29, 0.717) is 13.1 Å². The number of anilines is 1. The van der Waals surface area contributed by atoms with Gasteiger partial charge in [0.2, 0.25) is 11.8 Å². The van der Waals surface area contributed by atoms with Crippen LogP contribution in [-0.2, 0) is 9.59 Å². The molecule has 1 saturated heterocycles. The van der Waals surface area contributed by atoms with Crippen LogP contribution in [0.5, 0.6) is 0 Å². The van der Waals surface area contributed by atoms with E-state index in [1.54, 1.807) is 11.9 Å².